The first-order valence-electron chi connectivity index (χ1n) is 11.7. The first-order valence-corrected chi connectivity index (χ1v) is 11.7. The van der Waals surface area contributed by atoms with E-state index >= 15 is 0 Å². The number of nitrogens with zero attached hydrogens (tertiary/aromatic N) is 1. The van der Waals surface area contributed by atoms with Gasteiger partial charge in [-0.15, -0.1) is 0 Å². The highest BCUT2D eigenvalue weighted by atomic mass is 16.2. The molecule has 2 aromatic carbocycles. The standard InChI is InChI=1S/C26H36N4O3/c1-5-14-30(15-6-2)26(33)21-11-9-13-23(17-21)29-24(31)18-27-22-12-8-10-20(16-22)25(32)28-19(4)7-3/h8-13,16-17,19,27H,5-7,14-15,18H2,1-4H3,(H,28,32)(H,29,31). The van der Waals surface area contributed by atoms with Crippen molar-refractivity contribution < 1.29 is 14.4 Å². The highest BCUT2D eigenvalue weighted by Gasteiger charge is 2.15. The average molecular weight is 453 g/mol. The second kappa shape index (κ2) is 13.3. The molecular formula is C26H36N4O3. The van der Waals surface area contributed by atoms with Gasteiger partial charge in [0.15, 0.2) is 0 Å². The summed E-state index contributed by atoms with van der Waals surface area (Å²) in [6.45, 7) is 9.52. The van der Waals surface area contributed by atoms with Crippen LogP contribution in [0.4, 0.5) is 11.4 Å². The van der Waals surface area contributed by atoms with E-state index in [-0.39, 0.29) is 30.3 Å². The number of benzene rings is 2. The summed E-state index contributed by atoms with van der Waals surface area (Å²) in [5.41, 5.74) is 2.35. The van der Waals surface area contributed by atoms with E-state index in [9.17, 15) is 14.4 Å². The number of hydrogen-bond donors (Lipinski definition) is 3. The van der Waals surface area contributed by atoms with Gasteiger partial charge >= 0.3 is 0 Å². The Morgan fingerprint density at radius 1 is 0.879 bits per heavy atom. The molecule has 33 heavy (non-hydrogen) atoms. The third-order valence-electron chi connectivity index (χ3n) is 5.24. The van der Waals surface area contributed by atoms with E-state index in [1.54, 1.807) is 42.5 Å². The summed E-state index contributed by atoms with van der Waals surface area (Å²) in [6.07, 6.45) is 2.65. The van der Waals surface area contributed by atoms with Crippen molar-refractivity contribution in [3.05, 3.63) is 59.7 Å². The number of nitrogens with one attached hydrogen (secondary N) is 3. The number of hydrogen-bond acceptors (Lipinski definition) is 4. The molecule has 3 amide bonds. The molecule has 178 valence electrons. The second-order valence-electron chi connectivity index (χ2n) is 8.14. The molecule has 7 nitrogen and oxygen atoms in total. The van der Waals surface area contributed by atoms with Crippen LogP contribution in [0.15, 0.2) is 48.5 Å². The quantitative estimate of drug-likeness (QED) is 0.441. The maximum absolute atomic E-state index is 12.8. The van der Waals surface area contributed by atoms with Crippen molar-refractivity contribution in [2.24, 2.45) is 0 Å². The molecule has 0 radical (unpaired) electrons. The number of rotatable bonds is 12. The Kier molecular flexibility index (Phi) is 10.4. The van der Waals surface area contributed by atoms with Gasteiger partial charge < -0.3 is 20.9 Å². The van der Waals surface area contributed by atoms with Gasteiger partial charge in [0, 0.05) is 41.6 Å². The number of amides is 3. The minimum atomic E-state index is -0.243. The van der Waals surface area contributed by atoms with E-state index < -0.39 is 0 Å². The molecule has 0 saturated heterocycles. The fourth-order valence-corrected chi connectivity index (χ4v) is 3.33. The van der Waals surface area contributed by atoms with Crippen LogP contribution in [0.25, 0.3) is 0 Å². The molecular weight excluding hydrogens is 416 g/mol. The third kappa shape index (κ3) is 8.25. The Morgan fingerprint density at radius 2 is 1.48 bits per heavy atom. The Balaban J connectivity index is 1.96. The van der Waals surface area contributed by atoms with Crippen LogP contribution in [0, 0.1) is 0 Å². The second-order valence-corrected chi connectivity index (χ2v) is 8.14. The lowest BCUT2D eigenvalue weighted by molar-refractivity contribution is -0.114. The number of anilines is 2. The Labute approximate surface area is 196 Å². The topological polar surface area (TPSA) is 90.5 Å². The predicted octanol–water partition coefficient (Wildman–Crippen LogP) is 4.53. The summed E-state index contributed by atoms with van der Waals surface area (Å²) in [6, 6.07) is 14.2. The summed E-state index contributed by atoms with van der Waals surface area (Å²) in [7, 11) is 0. The van der Waals surface area contributed by atoms with Crippen LogP contribution in [0.1, 0.15) is 67.7 Å². The third-order valence-corrected chi connectivity index (χ3v) is 5.24. The van der Waals surface area contributed by atoms with Crippen molar-refractivity contribution in [2.45, 2.75) is 53.0 Å². The van der Waals surface area contributed by atoms with E-state index in [2.05, 4.69) is 16.0 Å². The monoisotopic (exact) mass is 452 g/mol. The molecule has 0 saturated carbocycles. The predicted molar refractivity (Wildman–Crippen MR) is 134 cm³/mol. The Bertz CT molecular complexity index is 939. The Morgan fingerprint density at radius 3 is 2.12 bits per heavy atom. The fourth-order valence-electron chi connectivity index (χ4n) is 3.33. The van der Waals surface area contributed by atoms with Gasteiger partial charge in [-0.05, 0) is 62.6 Å². The number of carbonyl (C=O) groups is 3. The maximum atomic E-state index is 12.8. The van der Waals surface area contributed by atoms with Crippen LogP contribution < -0.4 is 16.0 Å². The summed E-state index contributed by atoms with van der Waals surface area (Å²) in [4.78, 5) is 39.4. The van der Waals surface area contributed by atoms with Crippen molar-refractivity contribution in [3.63, 3.8) is 0 Å². The molecule has 1 unspecified atom stereocenters. The normalized spacial score (nSPS) is 11.4. The number of carbonyl (C=O) groups excluding carboxylic acids is 3. The van der Waals surface area contributed by atoms with Crippen LogP contribution in [0.3, 0.4) is 0 Å². The van der Waals surface area contributed by atoms with Gasteiger partial charge in [-0.1, -0.05) is 32.9 Å². The van der Waals surface area contributed by atoms with E-state index in [0.29, 0.717) is 35.6 Å². The molecule has 0 aliphatic carbocycles. The van der Waals surface area contributed by atoms with Crippen molar-refractivity contribution in [1.82, 2.24) is 10.2 Å². The molecule has 1 atom stereocenters. The molecule has 2 rings (SSSR count). The molecule has 0 aromatic heterocycles. The van der Waals surface area contributed by atoms with Gasteiger partial charge in [-0.25, -0.2) is 0 Å². The van der Waals surface area contributed by atoms with Gasteiger partial charge in [-0.3, -0.25) is 14.4 Å². The first-order chi connectivity index (χ1) is 15.9. The van der Waals surface area contributed by atoms with Crippen molar-refractivity contribution in [1.29, 1.82) is 0 Å². The zero-order valence-corrected chi connectivity index (χ0v) is 20.1. The van der Waals surface area contributed by atoms with Crippen LogP contribution in [0.2, 0.25) is 0 Å². The zero-order valence-electron chi connectivity index (χ0n) is 20.1. The Hall–Kier alpha value is -3.35. The lowest BCUT2D eigenvalue weighted by Gasteiger charge is -2.21. The summed E-state index contributed by atoms with van der Waals surface area (Å²) < 4.78 is 0. The van der Waals surface area contributed by atoms with Gasteiger partial charge in [0.05, 0.1) is 6.54 Å². The fraction of sp³-hybridized carbons (Fsp3) is 0.423. The molecule has 0 aliphatic heterocycles. The molecule has 0 spiro atoms. The van der Waals surface area contributed by atoms with Crippen LogP contribution in [-0.4, -0.2) is 48.3 Å². The highest BCUT2D eigenvalue weighted by Crippen LogP contribution is 2.15. The van der Waals surface area contributed by atoms with Gasteiger partial charge in [0.2, 0.25) is 5.91 Å². The minimum Gasteiger partial charge on any atom is -0.376 e. The lowest BCUT2D eigenvalue weighted by Crippen LogP contribution is -2.32. The van der Waals surface area contributed by atoms with E-state index in [1.807, 2.05) is 38.7 Å². The minimum absolute atomic E-state index is 0.0274. The molecule has 7 heteroatoms. The van der Waals surface area contributed by atoms with Gasteiger partial charge in [-0.2, -0.15) is 0 Å². The van der Waals surface area contributed by atoms with Crippen molar-refractivity contribution in [2.75, 3.05) is 30.3 Å². The van der Waals surface area contributed by atoms with E-state index in [4.69, 9.17) is 0 Å². The molecule has 0 fully saturated rings. The smallest absolute Gasteiger partial charge is 0.253 e. The summed E-state index contributed by atoms with van der Waals surface area (Å²) in [5.74, 6) is -0.410. The highest BCUT2D eigenvalue weighted by molar-refractivity contribution is 5.98. The average Bonchev–Trinajstić information content (AvgIpc) is 2.82. The van der Waals surface area contributed by atoms with E-state index in [0.717, 1.165) is 19.3 Å². The summed E-state index contributed by atoms with van der Waals surface area (Å²) >= 11 is 0. The van der Waals surface area contributed by atoms with E-state index in [1.165, 1.54) is 0 Å². The SMILES string of the molecule is CCCN(CCC)C(=O)c1cccc(NC(=O)CNc2cccc(C(=O)NC(C)CC)c2)c1. The molecule has 3 N–H and O–H groups in total. The van der Waals surface area contributed by atoms with Crippen LogP contribution >= 0.6 is 0 Å². The maximum Gasteiger partial charge on any atom is 0.253 e. The lowest BCUT2D eigenvalue weighted by atomic mass is 10.1. The molecule has 2 aromatic rings. The zero-order chi connectivity index (χ0) is 24.2. The first kappa shape index (κ1) is 25.9. The van der Waals surface area contributed by atoms with Crippen LogP contribution in [0.5, 0.6) is 0 Å². The van der Waals surface area contributed by atoms with Crippen molar-refractivity contribution in [3.8, 4) is 0 Å². The van der Waals surface area contributed by atoms with Crippen LogP contribution in [-0.2, 0) is 4.79 Å². The molecule has 0 aliphatic rings. The van der Waals surface area contributed by atoms with Gasteiger partial charge in [0.1, 0.15) is 0 Å². The van der Waals surface area contributed by atoms with Crippen molar-refractivity contribution >= 4 is 29.1 Å². The molecule has 0 heterocycles. The largest absolute Gasteiger partial charge is 0.376 e. The molecule has 0 bridgehead atoms. The summed E-state index contributed by atoms with van der Waals surface area (Å²) in [5, 5.41) is 8.81. The van der Waals surface area contributed by atoms with Gasteiger partial charge in [0.25, 0.3) is 11.8 Å².